The van der Waals surface area contributed by atoms with Crippen LogP contribution in [0.15, 0.2) is 47.1 Å². The largest absolute Gasteiger partial charge is 0.494 e. The fraction of sp³-hybridized carbons (Fsp3) is 0.441. The van der Waals surface area contributed by atoms with Crippen molar-refractivity contribution in [3.8, 4) is 40.3 Å². The fourth-order valence-corrected chi connectivity index (χ4v) is 5.91. The Morgan fingerprint density at radius 1 is 1.13 bits per heavy atom. The highest BCUT2D eigenvalue weighted by Crippen LogP contribution is 2.38. The third kappa shape index (κ3) is 7.07. The van der Waals surface area contributed by atoms with Crippen LogP contribution in [0.4, 0.5) is 0 Å². The molecule has 4 aromatic rings. The van der Waals surface area contributed by atoms with Gasteiger partial charge in [-0.05, 0) is 42.4 Å². The van der Waals surface area contributed by atoms with Crippen molar-refractivity contribution in [3.05, 3.63) is 54.0 Å². The predicted octanol–water partition coefficient (Wildman–Crippen LogP) is 6.48. The normalized spacial score (nSPS) is 14.2. The lowest BCUT2D eigenvalue weighted by Gasteiger charge is -2.36. The maximum Gasteiger partial charge on any atom is 0.255 e. The van der Waals surface area contributed by atoms with E-state index in [0.29, 0.717) is 77.2 Å². The van der Waals surface area contributed by atoms with Crippen LogP contribution in [0, 0.1) is 11.3 Å². The molecule has 11 nitrogen and oxygen atoms in total. The first-order valence-corrected chi connectivity index (χ1v) is 18.3. The Bertz CT molecular complexity index is 1750. The van der Waals surface area contributed by atoms with E-state index >= 15 is 0 Å². The number of amides is 1. The van der Waals surface area contributed by atoms with Gasteiger partial charge < -0.3 is 28.0 Å². The number of hydrogen-bond acceptors (Lipinski definition) is 10. The third-order valence-corrected chi connectivity index (χ3v) is 13.2. The second-order valence-corrected chi connectivity index (χ2v) is 17.7. The Kier molecular flexibility index (Phi) is 9.76. The van der Waals surface area contributed by atoms with Crippen molar-refractivity contribution in [2.45, 2.75) is 57.8 Å². The third-order valence-electron chi connectivity index (χ3n) is 8.71. The van der Waals surface area contributed by atoms with E-state index in [1.165, 1.54) is 13.3 Å². The molecule has 242 valence electrons. The molecule has 1 saturated heterocycles. The molecule has 0 bridgehead atoms. The van der Waals surface area contributed by atoms with Gasteiger partial charge in [0.1, 0.15) is 29.1 Å². The number of ether oxygens (including phenoxy) is 3. The molecule has 0 saturated carbocycles. The number of aromatic nitrogens is 3. The summed E-state index contributed by atoms with van der Waals surface area (Å²) in [5, 5.41) is 9.93. The van der Waals surface area contributed by atoms with Gasteiger partial charge in [-0.2, -0.15) is 5.26 Å². The van der Waals surface area contributed by atoms with Crippen LogP contribution >= 0.6 is 0 Å². The SMILES string of the molecule is COc1cc(C(=O)N(C)CCO[Si](C)(C)C(C)(C)C)cnc1-c1cc2nccc(-c3ccc(OC4CCOCC4)c(C#N)n3)c2o1. The summed E-state index contributed by atoms with van der Waals surface area (Å²) >= 11 is 0. The first-order valence-electron chi connectivity index (χ1n) is 15.4. The van der Waals surface area contributed by atoms with Gasteiger partial charge in [0.15, 0.2) is 31.1 Å². The van der Waals surface area contributed by atoms with E-state index < -0.39 is 8.32 Å². The summed E-state index contributed by atoms with van der Waals surface area (Å²) < 4.78 is 29.7. The lowest BCUT2D eigenvalue weighted by atomic mass is 10.1. The summed E-state index contributed by atoms with van der Waals surface area (Å²) in [6.07, 6.45) is 4.70. The lowest BCUT2D eigenvalue weighted by Crippen LogP contribution is -2.43. The highest BCUT2D eigenvalue weighted by Gasteiger charge is 2.37. The van der Waals surface area contributed by atoms with E-state index in [9.17, 15) is 10.1 Å². The van der Waals surface area contributed by atoms with Crippen molar-refractivity contribution in [3.63, 3.8) is 0 Å². The van der Waals surface area contributed by atoms with Crippen LogP contribution in [0.1, 0.15) is 49.7 Å². The van der Waals surface area contributed by atoms with Gasteiger partial charge in [0.05, 0.1) is 38.2 Å². The zero-order chi connectivity index (χ0) is 33.1. The Morgan fingerprint density at radius 2 is 1.89 bits per heavy atom. The van der Waals surface area contributed by atoms with Crippen LogP contribution in [0.5, 0.6) is 11.5 Å². The van der Waals surface area contributed by atoms with Gasteiger partial charge in [0.25, 0.3) is 5.91 Å². The number of fused-ring (bicyclic) bond motifs is 1. The molecule has 0 aromatic carbocycles. The number of hydrogen-bond donors (Lipinski definition) is 0. The number of methoxy groups -OCH3 is 1. The number of nitrogens with zero attached hydrogens (tertiary/aromatic N) is 5. The second-order valence-electron chi connectivity index (χ2n) is 12.9. The van der Waals surface area contributed by atoms with Gasteiger partial charge in [-0.1, -0.05) is 20.8 Å². The Morgan fingerprint density at radius 3 is 2.59 bits per heavy atom. The van der Waals surface area contributed by atoms with E-state index in [1.807, 2.05) is 0 Å². The fourth-order valence-electron chi connectivity index (χ4n) is 4.88. The zero-order valence-electron chi connectivity index (χ0n) is 27.5. The number of carbonyl (C=O) groups excluding carboxylic acids is 1. The molecule has 0 N–H and O–H groups in total. The molecule has 1 amide bonds. The lowest BCUT2D eigenvalue weighted by molar-refractivity contribution is 0.0253. The molecule has 1 aliphatic heterocycles. The molecule has 0 spiro atoms. The van der Waals surface area contributed by atoms with Gasteiger partial charge in [-0.25, -0.2) is 9.97 Å². The number of nitriles is 1. The average molecular weight is 644 g/mol. The Balaban J connectivity index is 1.36. The van der Waals surface area contributed by atoms with E-state index in [4.69, 9.17) is 23.1 Å². The standard InChI is InChI=1S/C34H41N5O6Si/c1-34(2,3)46(6,7)43-17-14-39(4)33(40)22-18-29(41-5)31(37-21-22)30-19-26-32(45-30)24(10-13-36-26)25-8-9-28(27(20-35)38-25)44-23-11-15-42-16-12-23/h8-10,13,18-19,21,23H,11-12,14-17H2,1-7H3. The van der Waals surface area contributed by atoms with Crippen LogP contribution in [-0.4, -0.2) is 80.7 Å². The molecule has 4 aromatic heterocycles. The highest BCUT2D eigenvalue weighted by atomic mass is 28.4. The van der Waals surface area contributed by atoms with Crippen LogP contribution in [0.25, 0.3) is 33.8 Å². The summed E-state index contributed by atoms with van der Waals surface area (Å²) in [7, 11) is 1.36. The molecule has 1 aliphatic rings. The number of rotatable bonds is 10. The number of pyridine rings is 3. The highest BCUT2D eigenvalue weighted by molar-refractivity contribution is 6.74. The molecule has 5 heterocycles. The topological polar surface area (TPSA) is 133 Å². The summed E-state index contributed by atoms with van der Waals surface area (Å²) in [5.41, 5.74) is 3.29. The van der Waals surface area contributed by atoms with E-state index in [2.05, 4.69) is 54.9 Å². The van der Waals surface area contributed by atoms with E-state index in [0.717, 1.165) is 12.8 Å². The molecule has 0 aliphatic carbocycles. The minimum Gasteiger partial charge on any atom is -0.494 e. The van der Waals surface area contributed by atoms with Gasteiger partial charge in [0, 0.05) is 50.5 Å². The van der Waals surface area contributed by atoms with Crippen LogP contribution in [0.3, 0.4) is 0 Å². The van der Waals surface area contributed by atoms with Crippen molar-refractivity contribution < 1.29 is 27.8 Å². The first kappa shape index (κ1) is 33.1. The maximum atomic E-state index is 13.3. The molecule has 0 unspecified atom stereocenters. The van der Waals surface area contributed by atoms with Crippen LogP contribution < -0.4 is 9.47 Å². The summed E-state index contributed by atoms with van der Waals surface area (Å²) in [4.78, 5) is 28.5. The van der Waals surface area contributed by atoms with E-state index in [-0.39, 0.29) is 22.7 Å². The summed E-state index contributed by atoms with van der Waals surface area (Å²) in [5.74, 6) is 1.06. The zero-order valence-corrected chi connectivity index (χ0v) is 28.5. The predicted molar refractivity (Wildman–Crippen MR) is 176 cm³/mol. The number of carbonyl (C=O) groups is 1. The molecule has 5 rings (SSSR count). The Hall–Kier alpha value is -4.31. The molecule has 0 radical (unpaired) electrons. The molecule has 12 heteroatoms. The molecular weight excluding hydrogens is 602 g/mol. The summed E-state index contributed by atoms with van der Waals surface area (Å²) in [6.45, 7) is 13.1. The molecule has 0 atom stereocenters. The smallest absolute Gasteiger partial charge is 0.255 e. The van der Waals surface area contributed by atoms with Crippen molar-refractivity contribution in [1.82, 2.24) is 19.9 Å². The average Bonchev–Trinajstić information content (AvgIpc) is 3.48. The molecule has 46 heavy (non-hydrogen) atoms. The minimum absolute atomic E-state index is 0.0142. The van der Waals surface area contributed by atoms with Crippen LogP contribution in [-0.2, 0) is 9.16 Å². The Labute approximate surface area is 270 Å². The van der Waals surface area contributed by atoms with Gasteiger partial charge in [-0.3, -0.25) is 9.78 Å². The molecule has 1 fully saturated rings. The van der Waals surface area contributed by atoms with Gasteiger partial charge in [0.2, 0.25) is 0 Å². The number of likely N-dealkylation sites (N-methyl/N-ethyl adjacent to an activating group) is 1. The van der Waals surface area contributed by atoms with Crippen molar-refractivity contribution in [2.24, 2.45) is 0 Å². The summed E-state index contributed by atoms with van der Waals surface area (Å²) in [6, 6.07) is 10.9. The second kappa shape index (κ2) is 13.6. The van der Waals surface area contributed by atoms with Gasteiger partial charge >= 0.3 is 0 Å². The van der Waals surface area contributed by atoms with Gasteiger partial charge in [-0.15, -0.1) is 0 Å². The maximum absolute atomic E-state index is 13.3. The van der Waals surface area contributed by atoms with Crippen LogP contribution in [0.2, 0.25) is 18.1 Å². The first-order chi connectivity index (χ1) is 21.9. The van der Waals surface area contributed by atoms with Crippen molar-refractivity contribution in [2.75, 3.05) is 40.5 Å². The minimum atomic E-state index is -1.92. The van der Waals surface area contributed by atoms with E-state index in [1.54, 1.807) is 48.5 Å². The van der Waals surface area contributed by atoms with Crippen molar-refractivity contribution >= 4 is 25.3 Å². The molecular formula is C34H41N5O6Si. The quantitative estimate of drug-likeness (QED) is 0.177. The monoisotopic (exact) mass is 643 g/mol. The van der Waals surface area contributed by atoms with Crippen molar-refractivity contribution in [1.29, 1.82) is 5.26 Å². The number of furan rings is 1.